The summed E-state index contributed by atoms with van der Waals surface area (Å²) in [6.45, 7) is 1.19. The lowest BCUT2D eigenvalue weighted by atomic mass is 9.66. The summed E-state index contributed by atoms with van der Waals surface area (Å²) in [4.78, 5) is 23.4. The van der Waals surface area contributed by atoms with Crippen molar-refractivity contribution >= 4 is 11.9 Å². The summed E-state index contributed by atoms with van der Waals surface area (Å²) in [7, 11) is 0. The van der Waals surface area contributed by atoms with Crippen LogP contribution in [0.15, 0.2) is 24.3 Å². The Morgan fingerprint density at radius 1 is 1.32 bits per heavy atom. The third kappa shape index (κ3) is 2.80. The smallest absolute Gasteiger partial charge is 0.310 e. The number of nitrogens with one attached hydrogen (secondary N) is 1. The van der Waals surface area contributed by atoms with Gasteiger partial charge >= 0.3 is 5.97 Å². The fourth-order valence-corrected chi connectivity index (χ4v) is 3.30. The molecule has 1 aromatic rings. The number of hydrogen-bond donors (Lipinski definition) is 2. The highest BCUT2D eigenvalue weighted by Crippen LogP contribution is 2.44. The van der Waals surface area contributed by atoms with Gasteiger partial charge in [-0.2, -0.15) is 0 Å². The molecule has 1 atom stereocenters. The van der Waals surface area contributed by atoms with Crippen molar-refractivity contribution in [3.8, 4) is 5.75 Å². The molecule has 2 aliphatic rings. The van der Waals surface area contributed by atoms with Crippen molar-refractivity contribution in [2.24, 2.45) is 5.41 Å². The van der Waals surface area contributed by atoms with Gasteiger partial charge in [0.2, 0.25) is 5.91 Å². The maximum Gasteiger partial charge on any atom is 0.310 e. The van der Waals surface area contributed by atoms with Crippen molar-refractivity contribution in [2.75, 3.05) is 13.2 Å². The Morgan fingerprint density at radius 3 is 2.77 bits per heavy atom. The summed E-state index contributed by atoms with van der Waals surface area (Å²) < 4.78 is 5.61. The zero-order valence-corrected chi connectivity index (χ0v) is 12.5. The molecule has 1 fully saturated rings. The standard InChI is InChI=1S/C17H21NO4/c19-15(10-17(16(20)21)7-3-8-17)18-11-12-6-9-22-14-5-2-1-4-13(12)14/h1-2,4-5,12H,3,6-11H2,(H,18,19)(H,20,21). The van der Waals surface area contributed by atoms with Crippen molar-refractivity contribution in [3.05, 3.63) is 29.8 Å². The van der Waals surface area contributed by atoms with Gasteiger partial charge in [0.15, 0.2) is 0 Å². The first kappa shape index (κ1) is 14.9. The van der Waals surface area contributed by atoms with E-state index in [1.807, 2.05) is 24.3 Å². The van der Waals surface area contributed by atoms with Crippen molar-refractivity contribution in [1.29, 1.82) is 0 Å². The van der Waals surface area contributed by atoms with Gasteiger partial charge in [-0.15, -0.1) is 0 Å². The van der Waals surface area contributed by atoms with Crippen LogP contribution in [0.5, 0.6) is 5.75 Å². The minimum atomic E-state index is -0.842. The number of carbonyl (C=O) groups excluding carboxylic acids is 1. The maximum atomic E-state index is 12.1. The average molecular weight is 303 g/mol. The minimum absolute atomic E-state index is 0.0905. The normalized spacial score (nSPS) is 21.9. The summed E-state index contributed by atoms with van der Waals surface area (Å²) in [5.41, 5.74) is 0.295. The Bertz CT molecular complexity index is 580. The number of aliphatic carboxylic acids is 1. The summed E-state index contributed by atoms with van der Waals surface area (Å²) in [5.74, 6) is 0.112. The van der Waals surface area contributed by atoms with E-state index in [1.54, 1.807) is 0 Å². The van der Waals surface area contributed by atoms with Crippen LogP contribution in [0.25, 0.3) is 0 Å². The predicted molar refractivity (Wildman–Crippen MR) is 80.8 cm³/mol. The van der Waals surface area contributed by atoms with Gasteiger partial charge in [0.05, 0.1) is 12.0 Å². The molecule has 1 heterocycles. The first-order valence-corrected chi connectivity index (χ1v) is 7.82. The highest BCUT2D eigenvalue weighted by Gasteiger charge is 2.45. The molecule has 5 heteroatoms. The molecule has 118 valence electrons. The van der Waals surface area contributed by atoms with E-state index in [4.69, 9.17) is 4.74 Å². The SMILES string of the molecule is O=C(CC1(C(=O)O)CCC1)NCC1CCOc2ccccc21. The van der Waals surface area contributed by atoms with E-state index in [1.165, 1.54) is 0 Å². The van der Waals surface area contributed by atoms with Crippen LogP contribution < -0.4 is 10.1 Å². The number of ether oxygens (including phenoxy) is 1. The number of benzene rings is 1. The minimum Gasteiger partial charge on any atom is -0.493 e. The monoisotopic (exact) mass is 303 g/mol. The van der Waals surface area contributed by atoms with Gasteiger partial charge in [0.25, 0.3) is 0 Å². The van der Waals surface area contributed by atoms with Crippen LogP contribution in [0.4, 0.5) is 0 Å². The molecule has 0 saturated heterocycles. The van der Waals surface area contributed by atoms with Crippen molar-refractivity contribution < 1.29 is 19.4 Å². The second kappa shape index (κ2) is 5.99. The van der Waals surface area contributed by atoms with Gasteiger partial charge in [-0.1, -0.05) is 24.6 Å². The fraction of sp³-hybridized carbons (Fsp3) is 0.529. The summed E-state index contributed by atoms with van der Waals surface area (Å²) in [6.07, 6.45) is 3.06. The highest BCUT2D eigenvalue weighted by atomic mass is 16.5. The van der Waals surface area contributed by atoms with Crippen molar-refractivity contribution in [1.82, 2.24) is 5.32 Å². The molecule has 1 amide bonds. The van der Waals surface area contributed by atoms with Gasteiger partial charge in [0.1, 0.15) is 5.75 Å². The zero-order chi connectivity index (χ0) is 15.6. The number of carboxylic acid groups (broad SMARTS) is 1. The lowest BCUT2D eigenvalue weighted by molar-refractivity contribution is -0.157. The van der Waals surface area contributed by atoms with Gasteiger partial charge < -0.3 is 15.2 Å². The van der Waals surface area contributed by atoms with E-state index in [2.05, 4.69) is 5.32 Å². The fourth-order valence-electron chi connectivity index (χ4n) is 3.30. The van der Waals surface area contributed by atoms with Crippen molar-refractivity contribution in [3.63, 3.8) is 0 Å². The summed E-state index contributed by atoms with van der Waals surface area (Å²) in [6, 6.07) is 7.87. The van der Waals surface area contributed by atoms with Gasteiger partial charge in [-0.3, -0.25) is 9.59 Å². The molecule has 0 aromatic heterocycles. The van der Waals surface area contributed by atoms with Gasteiger partial charge in [-0.05, 0) is 30.9 Å². The molecule has 1 aromatic carbocycles. The first-order chi connectivity index (χ1) is 10.6. The van der Waals surface area contributed by atoms with Crippen molar-refractivity contribution in [2.45, 2.75) is 38.0 Å². The van der Waals surface area contributed by atoms with Gasteiger partial charge in [0, 0.05) is 18.9 Å². The number of carbonyl (C=O) groups is 2. The Hall–Kier alpha value is -2.04. The van der Waals surface area contributed by atoms with E-state index in [9.17, 15) is 14.7 Å². The second-order valence-electron chi connectivity index (χ2n) is 6.29. The average Bonchev–Trinajstić information content (AvgIpc) is 2.48. The van der Waals surface area contributed by atoms with E-state index in [-0.39, 0.29) is 18.2 Å². The van der Waals surface area contributed by atoms with Crippen LogP contribution >= 0.6 is 0 Å². The molecule has 1 unspecified atom stereocenters. The van der Waals surface area contributed by atoms with E-state index in [0.717, 1.165) is 24.2 Å². The van der Waals surface area contributed by atoms with Crippen LogP contribution in [0.1, 0.15) is 43.6 Å². The lowest BCUT2D eigenvalue weighted by Crippen LogP contribution is -2.43. The third-order valence-corrected chi connectivity index (χ3v) is 4.89. The van der Waals surface area contributed by atoms with Crippen LogP contribution in [0, 0.1) is 5.41 Å². The third-order valence-electron chi connectivity index (χ3n) is 4.89. The molecule has 0 radical (unpaired) electrons. The van der Waals surface area contributed by atoms with Crippen LogP contribution in [-0.2, 0) is 9.59 Å². The molecule has 0 spiro atoms. The Balaban J connectivity index is 1.57. The Labute approximate surface area is 129 Å². The molecule has 1 saturated carbocycles. The Morgan fingerprint density at radius 2 is 2.09 bits per heavy atom. The van der Waals surface area contributed by atoms with Crippen LogP contribution in [0.3, 0.4) is 0 Å². The first-order valence-electron chi connectivity index (χ1n) is 7.82. The number of hydrogen-bond acceptors (Lipinski definition) is 3. The molecule has 5 nitrogen and oxygen atoms in total. The summed E-state index contributed by atoms with van der Waals surface area (Å²) >= 11 is 0. The summed E-state index contributed by atoms with van der Waals surface area (Å²) in [5, 5.41) is 12.2. The second-order valence-corrected chi connectivity index (χ2v) is 6.29. The van der Waals surface area contributed by atoms with E-state index >= 15 is 0 Å². The maximum absolute atomic E-state index is 12.1. The molecule has 3 rings (SSSR count). The molecule has 0 bridgehead atoms. The largest absolute Gasteiger partial charge is 0.493 e. The van der Waals surface area contributed by atoms with E-state index in [0.29, 0.717) is 26.0 Å². The number of carboxylic acids is 1. The number of para-hydroxylation sites is 1. The quantitative estimate of drug-likeness (QED) is 0.875. The predicted octanol–water partition coefficient (Wildman–Crippen LogP) is 2.31. The van der Waals surface area contributed by atoms with Gasteiger partial charge in [-0.25, -0.2) is 0 Å². The molecule has 1 aliphatic carbocycles. The Kier molecular flexibility index (Phi) is 4.05. The highest BCUT2D eigenvalue weighted by molar-refractivity contribution is 5.85. The van der Waals surface area contributed by atoms with Crippen LogP contribution in [0.2, 0.25) is 0 Å². The topological polar surface area (TPSA) is 75.6 Å². The molecular formula is C17H21NO4. The number of amides is 1. The van der Waals surface area contributed by atoms with Crippen LogP contribution in [-0.4, -0.2) is 30.1 Å². The van der Waals surface area contributed by atoms with E-state index < -0.39 is 11.4 Å². The number of rotatable bonds is 5. The molecule has 1 aliphatic heterocycles. The molecule has 2 N–H and O–H groups in total. The molecule has 22 heavy (non-hydrogen) atoms. The zero-order valence-electron chi connectivity index (χ0n) is 12.5. The lowest BCUT2D eigenvalue weighted by Gasteiger charge is -2.37. The molecular weight excluding hydrogens is 282 g/mol. The number of fused-ring (bicyclic) bond motifs is 1.